The first-order chi connectivity index (χ1) is 14.5. The summed E-state index contributed by atoms with van der Waals surface area (Å²) in [6, 6.07) is 14.5. The van der Waals surface area contributed by atoms with Crippen LogP contribution in [-0.4, -0.2) is 43.0 Å². The molecule has 0 bridgehead atoms. The number of piperidine rings is 1. The molecule has 7 nitrogen and oxygen atoms in total. The number of amides is 1. The van der Waals surface area contributed by atoms with Crippen molar-refractivity contribution >= 4 is 17.7 Å². The van der Waals surface area contributed by atoms with Gasteiger partial charge in [-0.05, 0) is 61.7 Å². The highest BCUT2D eigenvalue weighted by Gasteiger charge is 2.30. The molecule has 2 atom stereocenters. The molecule has 0 aromatic heterocycles. The molecule has 0 aliphatic carbocycles. The minimum Gasteiger partial charge on any atom is -0.497 e. The normalized spacial score (nSPS) is 19.5. The van der Waals surface area contributed by atoms with Crippen molar-refractivity contribution in [2.45, 2.75) is 18.9 Å². The van der Waals surface area contributed by atoms with Crippen LogP contribution in [0.2, 0.25) is 0 Å². The van der Waals surface area contributed by atoms with E-state index >= 15 is 0 Å². The second-order valence-electron chi connectivity index (χ2n) is 7.53. The lowest BCUT2D eigenvalue weighted by Gasteiger charge is -2.39. The summed E-state index contributed by atoms with van der Waals surface area (Å²) in [5, 5.41) is 13.9. The van der Waals surface area contributed by atoms with E-state index in [1.54, 1.807) is 25.3 Å². The van der Waals surface area contributed by atoms with E-state index in [1.165, 1.54) is 23.8 Å². The zero-order chi connectivity index (χ0) is 21.5. The molecular weight excluding hydrogens is 382 g/mol. The van der Waals surface area contributed by atoms with Gasteiger partial charge < -0.3 is 10.1 Å². The molecule has 1 amide bonds. The van der Waals surface area contributed by atoms with Crippen LogP contribution in [0.4, 0.5) is 5.69 Å². The second kappa shape index (κ2) is 10.0. The third-order valence-electron chi connectivity index (χ3n) is 5.51. The zero-order valence-corrected chi connectivity index (χ0v) is 17.3. The van der Waals surface area contributed by atoms with Gasteiger partial charge in [0.2, 0.25) is 5.91 Å². The maximum Gasteiger partial charge on any atom is 0.270 e. The summed E-state index contributed by atoms with van der Waals surface area (Å²) in [6.45, 7) is 1.59. The van der Waals surface area contributed by atoms with Crippen molar-refractivity contribution in [1.29, 1.82) is 0 Å². The minimum absolute atomic E-state index is 0.00475. The van der Waals surface area contributed by atoms with Gasteiger partial charge in [0.05, 0.1) is 12.0 Å². The molecule has 2 aromatic rings. The molecular formula is C23H27N3O4. The van der Waals surface area contributed by atoms with E-state index in [1.807, 2.05) is 12.1 Å². The summed E-state index contributed by atoms with van der Waals surface area (Å²) in [5.74, 6) is 0.920. The lowest BCUT2D eigenvalue weighted by Crippen LogP contribution is -2.41. The largest absolute Gasteiger partial charge is 0.497 e. The Morgan fingerprint density at radius 2 is 2.07 bits per heavy atom. The summed E-state index contributed by atoms with van der Waals surface area (Å²) in [4.78, 5) is 25.1. The standard InChI is InChI=1S/C23H27N3O4/c1-25-14-4-6-19(23(25)18-9-11-21(30-2)12-10-18)16-24-22(27)13-8-17-5-3-7-20(15-17)26(28)29/h3,5,7-13,15,19,23H,4,6,14,16H2,1-2H3,(H,24,27)/b13-8+. The Morgan fingerprint density at radius 3 is 2.77 bits per heavy atom. The first kappa shape index (κ1) is 21.5. The molecule has 1 heterocycles. The van der Waals surface area contributed by atoms with Crippen LogP contribution in [0.5, 0.6) is 5.75 Å². The van der Waals surface area contributed by atoms with Gasteiger partial charge in [-0.2, -0.15) is 0 Å². The van der Waals surface area contributed by atoms with Crippen LogP contribution in [0, 0.1) is 16.0 Å². The number of carbonyl (C=O) groups excluding carboxylic acids is 1. The van der Waals surface area contributed by atoms with Gasteiger partial charge in [-0.15, -0.1) is 0 Å². The topological polar surface area (TPSA) is 84.7 Å². The number of hydrogen-bond acceptors (Lipinski definition) is 5. The van der Waals surface area contributed by atoms with Gasteiger partial charge in [-0.25, -0.2) is 0 Å². The number of nitro benzene ring substituents is 1. The second-order valence-corrected chi connectivity index (χ2v) is 7.53. The summed E-state index contributed by atoms with van der Waals surface area (Å²) < 4.78 is 5.26. The van der Waals surface area contributed by atoms with E-state index in [-0.39, 0.29) is 17.6 Å². The fourth-order valence-electron chi connectivity index (χ4n) is 4.01. The quantitative estimate of drug-likeness (QED) is 0.427. The Hall–Kier alpha value is -3.19. The number of rotatable bonds is 7. The Kier molecular flexibility index (Phi) is 7.19. The smallest absolute Gasteiger partial charge is 0.270 e. The molecule has 0 radical (unpaired) electrons. The van der Waals surface area contributed by atoms with Crippen LogP contribution in [-0.2, 0) is 4.79 Å². The Labute approximate surface area is 176 Å². The maximum absolute atomic E-state index is 12.3. The molecule has 1 saturated heterocycles. The van der Waals surface area contributed by atoms with Crippen molar-refractivity contribution in [2.24, 2.45) is 5.92 Å². The molecule has 158 valence electrons. The van der Waals surface area contributed by atoms with Crippen molar-refractivity contribution in [3.05, 3.63) is 75.8 Å². The highest BCUT2D eigenvalue weighted by atomic mass is 16.6. The SMILES string of the molecule is COc1ccc(C2C(CNC(=O)/C=C/c3cccc([N+](=O)[O-])c3)CCCN2C)cc1. The number of nitrogens with one attached hydrogen (secondary N) is 1. The van der Waals surface area contributed by atoms with Crippen LogP contribution in [0.3, 0.4) is 0 Å². The van der Waals surface area contributed by atoms with Gasteiger partial charge >= 0.3 is 0 Å². The Balaban J connectivity index is 1.63. The van der Waals surface area contributed by atoms with Gasteiger partial charge in [0.25, 0.3) is 5.69 Å². The molecule has 1 N–H and O–H groups in total. The number of carbonyl (C=O) groups is 1. The summed E-state index contributed by atoms with van der Waals surface area (Å²) in [5.41, 5.74) is 1.84. The molecule has 2 unspecified atom stereocenters. The van der Waals surface area contributed by atoms with E-state index < -0.39 is 4.92 Å². The molecule has 3 rings (SSSR count). The number of likely N-dealkylation sites (tertiary alicyclic amines) is 1. The number of nitrogens with zero attached hydrogens (tertiary/aromatic N) is 2. The van der Waals surface area contributed by atoms with Crippen molar-refractivity contribution in [1.82, 2.24) is 10.2 Å². The molecule has 1 aliphatic heterocycles. The summed E-state index contributed by atoms with van der Waals surface area (Å²) in [7, 11) is 3.77. The summed E-state index contributed by atoms with van der Waals surface area (Å²) >= 11 is 0. The fraction of sp³-hybridized carbons (Fsp3) is 0.348. The van der Waals surface area contributed by atoms with E-state index in [0.717, 1.165) is 25.1 Å². The molecule has 1 fully saturated rings. The first-order valence-corrected chi connectivity index (χ1v) is 10.0. The van der Waals surface area contributed by atoms with Crippen LogP contribution in [0.25, 0.3) is 6.08 Å². The number of non-ortho nitro benzene ring substituents is 1. The van der Waals surface area contributed by atoms with Gasteiger partial charge in [-0.1, -0.05) is 24.3 Å². The van der Waals surface area contributed by atoms with Crippen LogP contribution in [0.1, 0.15) is 30.0 Å². The van der Waals surface area contributed by atoms with Crippen molar-refractivity contribution in [3.8, 4) is 5.75 Å². The molecule has 2 aromatic carbocycles. The van der Waals surface area contributed by atoms with Crippen LogP contribution < -0.4 is 10.1 Å². The molecule has 30 heavy (non-hydrogen) atoms. The molecule has 1 aliphatic rings. The van der Waals surface area contributed by atoms with E-state index in [2.05, 4.69) is 29.4 Å². The average molecular weight is 409 g/mol. The van der Waals surface area contributed by atoms with Gasteiger partial charge in [0.1, 0.15) is 5.75 Å². The third kappa shape index (κ3) is 5.45. The number of nitro groups is 1. The zero-order valence-electron chi connectivity index (χ0n) is 17.3. The minimum atomic E-state index is -0.448. The molecule has 0 spiro atoms. The van der Waals surface area contributed by atoms with E-state index in [4.69, 9.17) is 4.74 Å². The Bertz CT molecular complexity index is 911. The van der Waals surface area contributed by atoms with Crippen LogP contribution >= 0.6 is 0 Å². The van der Waals surface area contributed by atoms with Crippen LogP contribution in [0.15, 0.2) is 54.6 Å². The van der Waals surface area contributed by atoms with Gasteiger partial charge in [0, 0.05) is 30.8 Å². The van der Waals surface area contributed by atoms with Crippen molar-refractivity contribution < 1.29 is 14.5 Å². The molecule has 0 saturated carbocycles. The molecule has 7 heteroatoms. The lowest BCUT2D eigenvalue weighted by atomic mass is 9.85. The monoisotopic (exact) mass is 409 g/mol. The predicted octanol–water partition coefficient (Wildman–Crippen LogP) is 3.82. The maximum atomic E-state index is 12.3. The van der Waals surface area contributed by atoms with Crippen molar-refractivity contribution in [2.75, 3.05) is 27.2 Å². The summed E-state index contributed by atoms with van der Waals surface area (Å²) in [6.07, 6.45) is 5.15. The lowest BCUT2D eigenvalue weighted by molar-refractivity contribution is -0.384. The van der Waals surface area contributed by atoms with E-state index in [9.17, 15) is 14.9 Å². The number of methoxy groups -OCH3 is 1. The number of ether oxygens (including phenoxy) is 1. The highest BCUT2D eigenvalue weighted by molar-refractivity contribution is 5.91. The fourth-order valence-corrected chi connectivity index (χ4v) is 4.01. The van der Waals surface area contributed by atoms with Crippen molar-refractivity contribution in [3.63, 3.8) is 0 Å². The van der Waals surface area contributed by atoms with Gasteiger partial charge in [0.15, 0.2) is 0 Å². The third-order valence-corrected chi connectivity index (χ3v) is 5.51. The van der Waals surface area contributed by atoms with E-state index in [0.29, 0.717) is 18.0 Å². The number of benzene rings is 2. The number of hydrogen-bond donors (Lipinski definition) is 1. The predicted molar refractivity (Wildman–Crippen MR) is 116 cm³/mol. The van der Waals surface area contributed by atoms with Gasteiger partial charge in [-0.3, -0.25) is 19.8 Å². The first-order valence-electron chi connectivity index (χ1n) is 10.0. The highest BCUT2D eigenvalue weighted by Crippen LogP contribution is 2.35. The average Bonchev–Trinajstić information content (AvgIpc) is 2.76. The Morgan fingerprint density at radius 1 is 1.30 bits per heavy atom.